The van der Waals surface area contributed by atoms with Crippen molar-refractivity contribution in [2.75, 3.05) is 6.54 Å². The number of hydrogen-bond donors (Lipinski definition) is 0. The number of benzene rings is 2. The van der Waals surface area contributed by atoms with Gasteiger partial charge in [0, 0.05) is 29.7 Å². The number of nitro groups is 1. The van der Waals surface area contributed by atoms with Crippen LogP contribution in [0.4, 0.5) is 5.69 Å². The summed E-state index contributed by atoms with van der Waals surface area (Å²) in [5.74, 6) is 0.481. The summed E-state index contributed by atoms with van der Waals surface area (Å²) in [4.78, 5) is 16.2. The molecule has 0 amide bonds. The highest BCUT2D eigenvalue weighted by atomic mass is 32.1. The van der Waals surface area contributed by atoms with E-state index < -0.39 is 0 Å². The molecular weight excluding hydrogens is 334 g/mol. The molecule has 6 heteroatoms. The van der Waals surface area contributed by atoms with Crippen molar-refractivity contribution in [1.82, 2.24) is 4.57 Å². The van der Waals surface area contributed by atoms with E-state index in [1.165, 1.54) is 12.1 Å². The number of para-hydroxylation sites is 1. The van der Waals surface area contributed by atoms with E-state index in [9.17, 15) is 10.1 Å². The summed E-state index contributed by atoms with van der Waals surface area (Å²) in [5.41, 5.74) is 3.03. The molecule has 0 aliphatic rings. The van der Waals surface area contributed by atoms with Crippen LogP contribution in [0.15, 0.2) is 65.0 Å². The highest BCUT2D eigenvalue weighted by molar-refractivity contribution is 7.07. The highest BCUT2D eigenvalue weighted by Crippen LogP contribution is 2.25. The van der Waals surface area contributed by atoms with Crippen LogP contribution < -0.4 is 4.80 Å². The van der Waals surface area contributed by atoms with Crippen LogP contribution in [-0.2, 0) is 0 Å². The summed E-state index contributed by atoms with van der Waals surface area (Å²) in [7, 11) is 0. The van der Waals surface area contributed by atoms with E-state index in [1.807, 2.05) is 35.7 Å². The van der Waals surface area contributed by atoms with Crippen molar-refractivity contribution in [2.45, 2.75) is 13.8 Å². The van der Waals surface area contributed by atoms with Gasteiger partial charge in [-0.2, -0.15) is 0 Å². The summed E-state index contributed by atoms with van der Waals surface area (Å²) in [6, 6.07) is 16.7. The van der Waals surface area contributed by atoms with Crippen LogP contribution in [0.5, 0.6) is 0 Å². The van der Waals surface area contributed by atoms with E-state index in [2.05, 4.69) is 18.4 Å². The lowest BCUT2D eigenvalue weighted by Crippen LogP contribution is -2.15. The zero-order valence-corrected chi connectivity index (χ0v) is 14.9. The SMILES string of the molecule is CC(C)CN=c1scc(-c2ccc([N+](=O)[O-])cc2)n1-c1ccccc1. The fourth-order valence-electron chi connectivity index (χ4n) is 2.46. The van der Waals surface area contributed by atoms with Crippen molar-refractivity contribution < 1.29 is 4.92 Å². The molecule has 0 radical (unpaired) electrons. The van der Waals surface area contributed by atoms with Gasteiger partial charge in [-0.3, -0.25) is 19.7 Å². The van der Waals surface area contributed by atoms with Crippen molar-refractivity contribution in [2.24, 2.45) is 10.9 Å². The molecular formula is C19H19N3O2S. The van der Waals surface area contributed by atoms with E-state index >= 15 is 0 Å². The Morgan fingerprint density at radius 1 is 1.12 bits per heavy atom. The monoisotopic (exact) mass is 353 g/mol. The largest absolute Gasteiger partial charge is 0.285 e. The molecule has 0 unspecified atom stereocenters. The zero-order chi connectivity index (χ0) is 17.8. The van der Waals surface area contributed by atoms with Gasteiger partial charge in [-0.15, -0.1) is 11.3 Å². The van der Waals surface area contributed by atoms with Gasteiger partial charge in [0.25, 0.3) is 5.69 Å². The Hall–Kier alpha value is -2.73. The maximum atomic E-state index is 10.9. The van der Waals surface area contributed by atoms with E-state index in [0.717, 1.165) is 28.3 Å². The predicted molar refractivity (Wildman–Crippen MR) is 101 cm³/mol. The van der Waals surface area contributed by atoms with Crippen molar-refractivity contribution in [3.8, 4) is 16.9 Å². The molecule has 0 aliphatic heterocycles. The standard InChI is InChI=1S/C19H19N3O2S/c1-14(2)12-20-19-21(16-6-4-3-5-7-16)18(13-25-19)15-8-10-17(11-9-15)22(23)24/h3-11,13-14H,12H2,1-2H3. The molecule has 0 fully saturated rings. The van der Waals surface area contributed by atoms with Crippen molar-refractivity contribution >= 4 is 17.0 Å². The van der Waals surface area contributed by atoms with Gasteiger partial charge in [0.2, 0.25) is 0 Å². The molecule has 25 heavy (non-hydrogen) atoms. The second-order valence-electron chi connectivity index (χ2n) is 6.11. The van der Waals surface area contributed by atoms with Crippen LogP contribution in [0.2, 0.25) is 0 Å². The molecule has 1 aromatic heterocycles. The number of aromatic nitrogens is 1. The fraction of sp³-hybridized carbons (Fsp3) is 0.211. The van der Waals surface area contributed by atoms with E-state index in [4.69, 9.17) is 4.99 Å². The van der Waals surface area contributed by atoms with Gasteiger partial charge in [0.15, 0.2) is 4.80 Å². The molecule has 128 valence electrons. The lowest BCUT2D eigenvalue weighted by Gasteiger charge is -2.09. The number of nitro benzene ring substituents is 1. The maximum Gasteiger partial charge on any atom is 0.269 e. The molecule has 3 rings (SSSR count). The van der Waals surface area contributed by atoms with Gasteiger partial charge in [-0.1, -0.05) is 32.0 Å². The second-order valence-corrected chi connectivity index (χ2v) is 6.95. The average Bonchev–Trinajstić information content (AvgIpc) is 3.04. The summed E-state index contributed by atoms with van der Waals surface area (Å²) in [6.45, 7) is 5.04. The summed E-state index contributed by atoms with van der Waals surface area (Å²) in [5, 5.41) is 12.9. The number of non-ortho nitro benzene ring substituents is 1. The molecule has 0 saturated heterocycles. The minimum absolute atomic E-state index is 0.0926. The highest BCUT2D eigenvalue weighted by Gasteiger charge is 2.12. The molecule has 1 heterocycles. The first-order valence-electron chi connectivity index (χ1n) is 8.07. The molecule has 0 atom stereocenters. The molecule has 0 bridgehead atoms. The number of nitrogens with zero attached hydrogens (tertiary/aromatic N) is 3. The molecule has 3 aromatic rings. The van der Waals surface area contributed by atoms with E-state index in [1.54, 1.807) is 23.5 Å². The normalized spacial score (nSPS) is 11.9. The lowest BCUT2D eigenvalue weighted by atomic mass is 10.1. The van der Waals surface area contributed by atoms with Gasteiger partial charge in [-0.25, -0.2) is 0 Å². The Morgan fingerprint density at radius 3 is 2.40 bits per heavy atom. The third-order valence-electron chi connectivity index (χ3n) is 3.69. The van der Waals surface area contributed by atoms with Gasteiger partial charge in [0.05, 0.1) is 10.6 Å². The minimum Gasteiger partial charge on any atom is -0.285 e. The molecule has 0 aliphatic carbocycles. The first-order chi connectivity index (χ1) is 12.1. The Balaban J connectivity index is 2.14. The average molecular weight is 353 g/mol. The third kappa shape index (κ3) is 3.85. The Labute approximate surface area is 150 Å². The van der Waals surface area contributed by atoms with E-state index in [-0.39, 0.29) is 10.6 Å². The van der Waals surface area contributed by atoms with Crippen LogP contribution in [0.1, 0.15) is 13.8 Å². The van der Waals surface area contributed by atoms with Gasteiger partial charge in [0.1, 0.15) is 0 Å². The van der Waals surface area contributed by atoms with Crippen molar-refractivity contribution in [1.29, 1.82) is 0 Å². The Morgan fingerprint density at radius 2 is 1.80 bits per heavy atom. The van der Waals surface area contributed by atoms with Crippen LogP contribution >= 0.6 is 11.3 Å². The zero-order valence-electron chi connectivity index (χ0n) is 14.1. The topological polar surface area (TPSA) is 60.4 Å². The van der Waals surface area contributed by atoms with Crippen molar-refractivity contribution in [3.05, 3.63) is 74.9 Å². The first-order valence-corrected chi connectivity index (χ1v) is 8.95. The molecule has 5 nitrogen and oxygen atoms in total. The first kappa shape index (κ1) is 17.1. The Kier molecular flexibility index (Phi) is 5.09. The van der Waals surface area contributed by atoms with Crippen molar-refractivity contribution in [3.63, 3.8) is 0 Å². The van der Waals surface area contributed by atoms with Crippen LogP contribution in [0.25, 0.3) is 16.9 Å². The second kappa shape index (κ2) is 7.44. The molecule has 0 N–H and O–H groups in total. The minimum atomic E-state index is -0.383. The van der Waals surface area contributed by atoms with Gasteiger partial charge < -0.3 is 0 Å². The molecule has 0 spiro atoms. The number of rotatable bonds is 5. The fourth-order valence-corrected chi connectivity index (χ4v) is 3.38. The van der Waals surface area contributed by atoms with Gasteiger partial charge in [-0.05, 0) is 35.7 Å². The maximum absolute atomic E-state index is 10.9. The molecule has 0 saturated carbocycles. The summed E-state index contributed by atoms with van der Waals surface area (Å²) in [6.07, 6.45) is 0. The smallest absolute Gasteiger partial charge is 0.269 e. The van der Waals surface area contributed by atoms with Crippen LogP contribution in [-0.4, -0.2) is 16.0 Å². The lowest BCUT2D eigenvalue weighted by molar-refractivity contribution is -0.384. The summed E-state index contributed by atoms with van der Waals surface area (Å²) < 4.78 is 2.11. The summed E-state index contributed by atoms with van der Waals surface area (Å²) >= 11 is 1.58. The number of thiazole rings is 1. The predicted octanol–water partition coefficient (Wildman–Crippen LogP) is 4.67. The quantitative estimate of drug-likeness (QED) is 0.494. The Bertz CT molecular complexity index is 925. The van der Waals surface area contributed by atoms with E-state index in [0.29, 0.717) is 5.92 Å². The molecule has 2 aromatic carbocycles. The van der Waals surface area contributed by atoms with Crippen LogP contribution in [0, 0.1) is 16.0 Å². The van der Waals surface area contributed by atoms with Crippen LogP contribution in [0.3, 0.4) is 0 Å². The van der Waals surface area contributed by atoms with Gasteiger partial charge >= 0.3 is 0 Å². The third-order valence-corrected chi connectivity index (χ3v) is 4.55. The number of hydrogen-bond acceptors (Lipinski definition) is 4.